The minimum absolute atomic E-state index is 0.0324. The molecule has 3 aliphatic heterocycles. The van der Waals surface area contributed by atoms with E-state index < -0.39 is 5.82 Å². The van der Waals surface area contributed by atoms with Crippen LogP contribution in [0.4, 0.5) is 4.39 Å². The zero-order valence-electron chi connectivity index (χ0n) is 15.5. The molecule has 2 bridgehead atoms. The normalized spacial score (nSPS) is 21.3. The Morgan fingerprint density at radius 2 is 2.00 bits per heavy atom. The number of fused-ring (bicyclic) bond motifs is 4. The molecule has 146 valence electrons. The van der Waals surface area contributed by atoms with Crippen LogP contribution in [0.5, 0.6) is 5.75 Å². The van der Waals surface area contributed by atoms with Crippen LogP contribution in [-0.2, 0) is 4.79 Å². The molecule has 0 N–H and O–H groups in total. The summed E-state index contributed by atoms with van der Waals surface area (Å²) in [7, 11) is 0. The predicted octanol–water partition coefficient (Wildman–Crippen LogP) is 2.36. The second-order valence-electron chi connectivity index (χ2n) is 7.31. The molecule has 0 spiro atoms. The monoisotopic (exact) mass is 383 g/mol. The van der Waals surface area contributed by atoms with Gasteiger partial charge >= 0.3 is 0 Å². The van der Waals surface area contributed by atoms with Gasteiger partial charge in [-0.25, -0.2) is 4.39 Å². The molecule has 2 atom stereocenters. The van der Waals surface area contributed by atoms with Crippen molar-refractivity contribution < 1.29 is 18.7 Å². The van der Waals surface area contributed by atoms with Crippen LogP contribution in [0, 0.1) is 11.7 Å². The molecule has 1 aromatic heterocycles. The van der Waals surface area contributed by atoms with Crippen molar-refractivity contribution >= 4 is 11.8 Å². The smallest absolute Gasteiger partial charge is 0.272 e. The largest absolute Gasteiger partial charge is 0.484 e. The summed E-state index contributed by atoms with van der Waals surface area (Å²) in [4.78, 5) is 33.3. The number of hydrogen-bond donors (Lipinski definition) is 0. The Bertz CT molecular complexity index is 861. The van der Waals surface area contributed by atoms with Gasteiger partial charge in [0.1, 0.15) is 17.3 Å². The standard InChI is InChI=1S/C21H22FN3O3/c22-16-4-3-5-18(10-16)28-14-20(26)25-12-15-7-8-17(25)13-24(11-15)21(27)19-6-1-2-9-23-19/h1-6,9-10,15,17H,7-8,11-14H2/t15-,17+/m0/s1. The summed E-state index contributed by atoms with van der Waals surface area (Å²) >= 11 is 0. The van der Waals surface area contributed by atoms with Gasteiger partial charge in [-0.3, -0.25) is 14.6 Å². The van der Waals surface area contributed by atoms with E-state index >= 15 is 0 Å². The molecular weight excluding hydrogens is 361 g/mol. The van der Waals surface area contributed by atoms with Gasteiger partial charge in [0.05, 0.1) is 0 Å². The highest BCUT2D eigenvalue weighted by Gasteiger charge is 2.39. The van der Waals surface area contributed by atoms with Crippen LogP contribution in [0.3, 0.4) is 0 Å². The summed E-state index contributed by atoms with van der Waals surface area (Å²) in [5.74, 6) is -0.0545. The molecule has 0 saturated carbocycles. The van der Waals surface area contributed by atoms with Crippen LogP contribution < -0.4 is 4.74 Å². The van der Waals surface area contributed by atoms with Crippen LogP contribution in [-0.4, -0.2) is 58.9 Å². The molecule has 28 heavy (non-hydrogen) atoms. The lowest BCUT2D eigenvalue weighted by atomic mass is 9.95. The number of aromatic nitrogens is 1. The van der Waals surface area contributed by atoms with Crippen molar-refractivity contribution in [3.8, 4) is 5.75 Å². The van der Waals surface area contributed by atoms with Crippen molar-refractivity contribution in [2.75, 3.05) is 26.2 Å². The topological polar surface area (TPSA) is 62.7 Å². The highest BCUT2D eigenvalue weighted by molar-refractivity contribution is 5.92. The molecule has 0 radical (unpaired) electrons. The first kappa shape index (κ1) is 18.4. The molecule has 7 heteroatoms. The summed E-state index contributed by atoms with van der Waals surface area (Å²) in [5, 5.41) is 0. The molecule has 0 aliphatic carbocycles. The zero-order chi connectivity index (χ0) is 19.5. The Kier molecular flexibility index (Phi) is 5.23. The van der Waals surface area contributed by atoms with Gasteiger partial charge < -0.3 is 14.5 Å². The number of pyridine rings is 1. The maximum Gasteiger partial charge on any atom is 0.272 e. The van der Waals surface area contributed by atoms with Crippen molar-refractivity contribution in [2.24, 2.45) is 5.92 Å². The van der Waals surface area contributed by atoms with Gasteiger partial charge in [-0.2, -0.15) is 0 Å². The maximum absolute atomic E-state index is 13.3. The highest BCUT2D eigenvalue weighted by atomic mass is 19.1. The van der Waals surface area contributed by atoms with Crippen LogP contribution >= 0.6 is 0 Å². The third-order valence-electron chi connectivity index (χ3n) is 5.36. The van der Waals surface area contributed by atoms with Crippen LogP contribution in [0.25, 0.3) is 0 Å². The van der Waals surface area contributed by atoms with E-state index in [2.05, 4.69) is 4.98 Å². The van der Waals surface area contributed by atoms with E-state index in [1.54, 1.807) is 36.5 Å². The van der Waals surface area contributed by atoms with E-state index in [4.69, 9.17) is 4.74 Å². The molecular formula is C21H22FN3O3. The second-order valence-corrected chi connectivity index (χ2v) is 7.31. The molecule has 3 saturated heterocycles. The number of carbonyl (C=O) groups is 2. The molecule has 4 heterocycles. The van der Waals surface area contributed by atoms with Gasteiger partial charge in [-0.15, -0.1) is 0 Å². The first-order valence-electron chi connectivity index (χ1n) is 9.48. The Morgan fingerprint density at radius 3 is 2.79 bits per heavy atom. The fourth-order valence-electron chi connectivity index (χ4n) is 3.99. The van der Waals surface area contributed by atoms with E-state index in [0.717, 1.165) is 12.8 Å². The van der Waals surface area contributed by atoms with Gasteiger partial charge in [-0.05, 0) is 43.0 Å². The Balaban J connectivity index is 1.41. The highest BCUT2D eigenvalue weighted by Crippen LogP contribution is 2.29. The maximum atomic E-state index is 13.3. The van der Waals surface area contributed by atoms with Crippen molar-refractivity contribution in [3.63, 3.8) is 0 Å². The van der Waals surface area contributed by atoms with Crippen LogP contribution in [0.15, 0.2) is 48.7 Å². The number of ether oxygens (including phenoxy) is 1. The Hall–Kier alpha value is -2.96. The fourth-order valence-corrected chi connectivity index (χ4v) is 3.99. The summed E-state index contributed by atoms with van der Waals surface area (Å²) in [6.07, 6.45) is 3.47. The number of nitrogens with zero attached hydrogens (tertiary/aromatic N) is 3. The number of hydrogen-bond acceptors (Lipinski definition) is 4. The SMILES string of the molecule is O=C(c1ccccn1)N1C[C@@H]2CC[C@H](C1)N(C(=O)COc1cccc(F)c1)C2. The second kappa shape index (κ2) is 7.96. The van der Waals surface area contributed by atoms with Crippen molar-refractivity contribution in [3.05, 3.63) is 60.2 Å². The average Bonchev–Trinajstić information content (AvgIpc) is 3.04. The Labute approximate surface area is 162 Å². The van der Waals surface area contributed by atoms with Crippen LogP contribution in [0.1, 0.15) is 23.3 Å². The van der Waals surface area contributed by atoms with Gasteiger partial charge in [0.2, 0.25) is 0 Å². The number of piperidine rings is 1. The number of amides is 2. The Morgan fingerprint density at radius 1 is 1.11 bits per heavy atom. The van der Waals surface area contributed by atoms with Crippen LogP contribution in [0.2, 0.25) is 0 Å². The van der Waals surface area contributed by atoms with E-state index in [9.17, 15) is 14.0 Å². The first-order valence-corrected chi connectivity index (χ1v) is 9.48. The van der Waals surface area contributed by atoms with Crippen molar-refractivity contribution in [1.29, 1.82) is 0 Å². The molecule has 3 fully saturated rings. The number of benzene rings is 1. The zero-order valence-corrected chi connectivity index (χ0v) is 15.5. The third kappa shape index (κ3) is 3.98. The van der Waals surface area contributed by atoms with E-state index in [1.807, 2.05) is 9.80 Å². The minimum Gasteiger partial charge on any atom is -0.484 e. The average molecular weight is 383 g/mol. The van der Waals surface area contributed by atoms with Gasteiger partial charge in [0.15, 0.2) is 6.61 Å². The molecule has 2 amide bonds. The van der Waals surface area contributed by atoms with E-state index in [-0.39, 0.29) is 30.4 Å². The molecule has 6 nitrogen and oxygen atoms in total. The number of carbonyl (C=O) groups excluding carboxylic acids is 2. The first-order chi connectivity index (χ1) is 13.6. The van der Waals surface area contributed by atoms with E-state index in [1.165, 1.54) is 12.1 Å². The molecule has 5 rings (SSSR count). The van der Waals surface area contributed by atoms with Gasteiger partial charge in [-0.1, -0.05) is 12.1 Å². The van der Waals surface area contributed by atoms with Crippen molar-refractivity contribution in [1.82, 2.24) is 14.8 Å². The number of halogens is 1. The summed E-state index contributed by atoms with van der Waals surface area (Å²) in [5.41, 5.74) is 0.427. The number of rotatable bonds is 4. The lowest BCUT2D eigenvalue weighted by Crippen LogP contribution is -2.49. The molecule has 0 unspecified atom stereocenters. The quantitative estimate of drug-likeness (QED) is 0.813. The summed E-state index contributed by atoms with van der Waals surface area (Å²) in [6.45, 7) is 1.60. The molecule has 3 aliphatic rings. The van der Waals surface area contributed by atoms with Gasteiger partial charge in [0, 0.05) is 37.9 Å². The van der Waals surface area contributed by atoms with E-state index in [0.29, 0.717) is 31.1 Å². The molecule has 2 aromatic rings. The molecule has 1 aromatic carbocycles. The fraction of sp³-hybridized carbons (Fsp3) is 0.381. The summed E-state index contributed by atoms with van der Waals surface area (Å²) < 4.78 is 18.7. The predicted molar refractivity (Wildman–Crippen MR) is 100 cm³/mol. The minimum atomic E-state index is -0.401. The van der Waals surface area contributed by atoms with Gasteiger partial charge in [0.25, 0.3) is 11.8 Å². The van der Waals surface area contributed by atoms with Crippen molar-refractivity contribution in [2.45, 2.75) is 18.9 Å². The lowest BCUT2D eigenvalue weighted by Gasteiger charge is -2.36. The lowest BCUT2D eigenvalue weighted by molar-refractivity contribution is -0.137. The third-order valence-corrected chi connectivity index (χ3v) is 5.36. The summed E-state index contributed by atoms with van der Waals surface area (Å²) in [6, 6.07) is 11.0.